The molecule has 4 heteroatoms. The number of ether oxygens (including phenoxy) is 1. The van der Waals surface area contributed by atoms with Crippen LogP contribution in [0.3, 0.4) is 0 Å². The van der Waals surface area contributed by atoms with Crippen LogP contribution in [-0.4, -0.2) is 18.9 Å². The fraction of sp³-hybridized carbons (Fsp3) is 0.167. The van der Waals surface area contributed by atoms with Gasteiger partial charge in [-0.1, -0.05) is 40.2 Å². The monoisotopic (exact) mass is 282 g/mol. The van der Waals surface area contributed by atoms with Crippen LogP contribution in [0.5, 0.6) is 0 Å². The molecule has 0 unspecified atom stereocenters. The van der Waals surface area contributed by atoms with Gasteiger partial charge in [-0.25, -0.2) is 0 Å². The molecule has 1 aromatic rings. The summed E-state index contributed by atoms with van der Waals surface area (Å²) in [5.74, 6) is -0.801. The van der Waals surface area contributed by atoms with E-state index in [9.17, 15) is 9.59 Å². The zero-order chi connectivity index (χ0) is 12.0. The Morgan fingerprint density at radius 3 is 2.69 bits per heavy atom. The summed E-state index contributed by atoms with van der Waals surface area (Å²) in [7, 11) is 1.26. The normalized spacial score (nSPS) is 10.4. The van der Waals surface area contributed by atoms with Gasteiger partial charge >= 0.3 is 5.97 Å². The van der Waals surface area contributed by atoms with Crippen molar-refractivity contribution < 1.29 is 14.3 Å². The molecule has 0 spiro atoms. The van der Waals surface area contributed by atoms with E-state index in [0.29, 0.717) is 0 Å². The number of hydrogen-bond acceptors (Lipinski definition) is 3. The van der Waals surface area contributed by atoms with Crippen LogP contribution in [0, 0.1) is 0 Å². The molecule has 0 fully saturated rings. The molecule has 16 heavy (non-hydrogen) atoms. The standard InChI is InChI=1S/C12H11BrO3/c1-16-12(15)8-10(14)7-6-9-4-2-3-5-11(9)13/h2-7H,8H2,1H3. The van der Waals surface area contributed by atoms with Crippen LogP contribution in [0.4, 0.5) is 0 Å². The molecule has 0 heterocycles. The second kappa shape index (κ2) is 6.23. The number of allylic oxidation sites excluding steroid dienone is 1. The number of ketones is 1. The number of rotatable bonds is 4. The van der Waals surface area contributed by atoms with Crippen molar-refractivity contribution in [3.63, 3.8) is 0 Å². The van der Waals surface area contributed by atoms with Crippen molar-refractivity contribution in [3.8, 4) is 0 Å². The molecule has 0 saturated heterocycles. The van der Waals surface area contributed by atoms with Crippen LogP contribution in [0.15, 0.2) is 34.8 Å². The summed E-state index contributed by atoms with van der Waals surface area (Å²) in [4.78, 5) is 22.1. The molecule has 0 aromatic heterocycles. The zero-order valence-corrected chi connectivity index (χ0v) is 10.4. The van der Waals surface area contributed by atoms with Crippen LogP contribution in [0.1, 0.15) is 12.0 Å². The quantitative estimate of drug-likeness (QED) is 0.484. The fourth-order valence-electron chi connectivity index (χ4n) is 1.07. The maximum atomic E-state index is 11.3. The SMILES string of the molecule is COC(=O)CC(=O)C=Cc1ccccc1Br. The molecule has 1 rings (SSSR count). The summed E-state index contributed by atoms with van der Waals surface area (Å²) >= 11 is 3.36. The Morgan fingerprint density at radius 1 is 1.38 bits per heavy atom. The Hall–Kier alpha value is -1.42. The van der Waals surface area contributed by atoms with E-state index in [1.165, 1.54) is 13.2 Å². The fourth-order valence-corrected chi connectivity index (χ4v) is 1.48. The molecule has 0 aliphatic heterocycles. The number of esters is 1. The summed E-state index contributed by atoms with van der Waals surface area (Å²) in [6.07, 6.45) is 2.81. The molecule has 0 aliphatic rings. The van der Waals surface area contributed by atoms with Gasteiger partial charge in [0.05, 0.1) is 7.11 Å². The van der Waals surface area contributed by atoms with E-state index in [1.54, 1.807) is 6.08 Å². The first-order chi connectivity index (χ1) is 7.63. The van der Waals surface area contributed by atoms with E-state index in [4.69, 9.17) is 0 Å². The summed E-state index contributed by atoms with van der Waals surface area (Å²) in [6, 6.07) is 7.50. The summed E-state index contributed by atoms with van der Waals surface area (Å²) in [6.45, 7) is 0. The van der Waals surface area contributed by atoms with E-state index >= 15 is 0 Å². The minimum atomic E-state index is -0.526. The molecule has 0 amide bonds. The Kier molecular flexibility index (Phi) is 4.92. The van der Waals surface area contributed by atoms with Gasteiger partial charge in [0.15, 0.2) is 5.78 Å². The molecule has 0 bridgehead atoms. The van der Waals surface area contributed by atoms with Crippen molar-refractivity contribution in [1.82, 2.24) is 0 Å². The lowest BCUT2D eigenvalue weighted by Gasteiger charge is -1.97. The number of hydrogen-bond donors (Lipinski definition) is 0. The van der Waals surface area contributed by atoms with Gasteiger partial charge in [-0.3, -0.25) is 9.59 Å². The molecular weight excluding hydrogens is 272 g/mol. The topological polar surface area (TPSA) is 43.4 Å². The summed E-state index contributed by atoms with van der Waals surface area (Å²) in [5.41, 5.74) is 0.890. The minimum absolute atomic E-state index is 0.225. The van der Waals surface area contributed by atoms with Crippen LogP contribution in [-0.2, 0) is 14.3 Å². The largest absolute Gasteiger partial charge is 0.469 e. The smallest absolute Gasteiger partial charge is 0.313 e. The predicted molar refractivity (Wildman–Crippen MR) is 64.8 cm³/mol. The number of carbonyl (C=O) groups excluding carboxylic acids is 2. The average molecular weight is 283 g/mol. The van der Waals surface area contributed by atoms with Gasteiger partial charge in [-0.05, 0) is 17.7 Å². The van der Waals surface area contributed by atoms with Gasteiger partial charge in [0.1, 0.15) is 6.42 Å². The van der Waals surface area contributed by atoms with E-state index in [0.717, 1.165) is 10.0 Å². The highest BCUT2D eigenvalue weighted by Gasteiger charge is 2.05. The van der Waals surface area contributed by atoms with E-state index in [2.05, 4.69) is 20.7 Å². The Labute approximate surface area is 102 Å². The molecule has 3 nitrogen and oxygen atoms in total. The van der Waals surface area contributed by atoms with Crippen molar-refractivity contribution in [2.75, 3.05) is 7.11 Å². The summed E-state index contributed by atoms with van der Waals surface area (Å²) < 4.78 is 5.29. The number of halogens is 1. The third-order valence-corrected chi connectivity index (χ3v) is 2.62. The lowest BCUT2D eigenvalue weighted by atomic mass is 10.2. The van der Waals surface area contributed by atoms with Gasteiger partial charge in [0.25, 0.3) is 0 Å². The third kappa shape index (κ3) is 3.98. The third-order valence-electron chi connectivity index (χ3n) is 1.90. The lowest BCUT2D eigenvalue weighted by molar-refractivity contribution is -0.142. The number of methoxy groups -OCH3 is 1. The second-order valence-corrected chi connectivity index (χ2v) is 3.93. The first kappa shape index (κ1) is 12.6. The second-order valence-electron chi connectivity index (χ2n) is 3.07. The molecule has 0 radical (unpaired) electrons. The van der Waals surface area contributed by atoms with E-state index < -0.39 is 5.97 Å². The highest BCUT2D eigenvalue weighted by molar-refractivity contribution is 9.10. The molecule has 0 N–H and O–H groups in total. The van der Waals surface area contributed by atoms with Crippen molar-refractivity contribution >= 4 is 33.8 Å². The van der Waals surface area contributed by atoms with Crippen molar-refractivity contribution in [1.29, 1.82) is 0 Å². The van der Waals surface area contributed by atoms with E-state index in [-0.39, 0.29) is 12.2 Å². The molecule has 0 atom stereocenters. The first-order valence-corrected chi connectivity index (χ1v) is 5.45. The zero-order valence-electron chi connectivity index (χ0n) is 8.77. The summed E-state index contributed by atoms with van der Waals surface area (Å²) in [5, 5.41) is 0. The number of benzene rings is 1. The van der Waals surface area contributed by atoms with Crippen LogP contribution >= 0.6 is 15.9 Å². The van der Waals surface area contributed by atoms with Crippen LogP contribution in [0.2, 0.25) is 0 Å². The van der Waals surface area contributed by atoms with Crippen LogP contribution in [0.25, 0.3) is 6.08 Å². The predicted octanol–water partition coefficient (Wildman–Crippen LogP) is 2.59. The van der Waals surface area contributed by atoms with Crippen molar-refractivity contribution in [2.24, 2.45) is 0 Å². The van der Waals surface area contributed by atoms with Crippen LogP contribution < -0.4 is 0 Å². The van der Waals surface area contributed by atoms with Gasteiger partial charge in [0.2, 0.25) is 0 Å². The van der Waals surface area contributed by atoms with Gasteiger partial charge in [-0.2, -0.15) is 0 Å². The lowest BCUT2D eigenvalue weighted by Crippen LogP contribution is -2.06. The molecule has 84 valence electrons. The number of carbonyl (C=O) groups is 2. The van der Waals surface area contributed by atoms with Gasteiger partial charge in [0, 0.05) is 4.47 Å². The van der Waals surface area contributed by atoms with E-state index in [1.807, 2.05) is 24.3 Å². The first-order valence-electron chi connectivity index (χ1n) is 4.65. The Balaban J connectivity index is 2.64. The van der Waals surface area contributed by atoms with Crippen molar-refractivity contribution in [3.05, 3.63) is 40.4 Å². The van der Waals surface area contributed by atoms with Gasteiger partial charge in [-0.15, -0.1) is 0 Å². The Bertz CT molecular complexity index is 424. The average Bonchev–Trinajstić information content (AvgIpc) is 2.28. The maximum Gasteiger partial charge on any atom is 0.313 e. The maximum absolute atomic E-state index is 11.3. The molecule has 0 aliphatic carbocycles. The highest BCUT2D eigenvalue weighted by atomic mass is 79.9. The molecule has 0 saturated carbocycles. The van der Waals surface area contributed by atoms with Crippen molar-refractivity contribution in [2.45, 2.75) is 6.42 Å². The Morgan fingerprint density at radius 2 is 2.06 bits per heavy atom. The molecule has 1 aromatic carbocycles. The highest BCUT2D eigenvalue weighted by Crippen LogP contribution is 2.17. The van der Waals surface area contributed by atoms with Gasteiger partial charge < -0.3 is 4.74 Å². The molecular formula is C12H11BrO3. The minimum Gasteiger partial charge on any atom is -0.469 e.